The maximum Gasteiger partial charge on any atom is 0.0431 e. The molecule has 0 aromatic rings. The molecule has 0 aromatic heterocycles. The predicted octanol–water partition coefficient (Wildman–Crippen LogP) is 7.24. The van der Waals surface area contributed by atoms with Crippen molar-refractivity contribution in [1.29, 1.82) is 0 Å². The third-order valence-corrected chi connectivity index (χ3v) is 4.81. The normalized spacial score (nSPS) is 11.2. The minimum absolute atomic E-state index is 0.369. The van der Waals surface area contributed by atoms with E-state index < -0.39 is 0 Å². The Morgan fingerprint density at radius 3 is 0.818 bits per heavy atom. The number of aliphatic hydroxyl groups excluding tert-OH is 1. The molecule has 22 heavy (non-hydrogen) atoms. The molecule has 0 aliphatic heterocycles. The van der Waals surface area contributed by atoms with Gasteiger partial charge in [0, 0.05) is 12.5 Å². The van der Waals surface area contributed by atoms with Crippen LogP contribution in [-0.4, -0.2) is 17.6 Å². The molecule has 0 radical (unpaired) electrons. The third kappa shape index (κ3) is 20.2. The van der Waals surface area contributed by atoms with E-state index in [-0.39, 0.29) is 0 Å². The van der Waals surface area contributed by atoms with Crippen molar-refractivity contribution in [3.05, 3.63) is 0 Å². The van der Waals surface area contributed by atoms with E-state index in [9.17, 15) is 0 Å². The van der Waals surface area contributed by atoms with Crippen molar-refractivity contribution in [3.8, 4) is 0 Å². The van der Waals surface area contributed by atoms with Gasteiger partial charge in [-0.15, -0.1) is 11.6 Å². The van der Waals surface area contributed by atoms with Gasteiger partial charge in [-0.3, -0.25) is 0 Å². The predicted molar refractivity (Wildman–Crippen MR) is 101 cm³/mol. The highest BCUT2D eigenvalue weighted by molar-refractivity contribution is 6.17. The summed E-state index contributed by atoms with van der Waals surface area (Å²) in [5.74, 6) is 0.837. The van der Waals surface area contributed by atoms with E-state index in [1.165, 1.54) is 109 Å². The van der Waals surface area contributed by atoms with Gasteiger partial charge in [0.2, 0.25) is 0 Å². The van der Waals surface area contributed by atoms with Gasteiger partial charge in [0.15, 0.2) is 0 Å². The summed E-state index contributed by atoms with van der Waals surface area (Å²) >= 11 is 5.67. The van der Waals surface area contributed by atoms with Gasteiger partial charge in [-0.05, 0) is 12.8 Å². The summed E-state index contributed by atoms with van der Waals surface area (Å²) in [5, 5.41) is 8.70. The topological polar surface area (TPSA) is 20.2 Å². The van der Waals surface area contributed by atoms with Crippen LogP contribution >= 0.6 is 11.6 Å². The summed E-state index contributed by atoms with van der Waals surface area (Å²) in [6, 6.07) is 0. The van der Waals surface area contributed by atoms with Crippen molar-refractivity contribution < 1.29 is 5.11 Å². The van der Waals surface area contributed by atoms with Crippen LogP contribution in [0.25, 0.3) is 0 Å². The largest absolute Gasteiger partial charge is 0.396 e. The van der Waals surface area contributed by atoms with Gasteiger partial charge in [-0.25, -0.2) is 0 Å². The fourth-order valence-corrected chi connectivity index (χ4v) is 3.22. The Balaban J connectivity index is 2.91. The summed E-state index contributed by atoms with van der Waals surface area (Å²) in [6.45, 7) is 0.369. The molecule has 0 amide bonds. The minimum Gasteiger partial charge on any atom is -0.396 e. The Bertz CT molecular complexity index is 165. The molecule has 0 saturated heterocycles. The maximum absolute atomic E-state index is 8.70. The van der Waals surface area contributed by atoms with Crippen LogP contribution in [0.2, 0.25) is 0 Å². The standard InChI is InChI=1S/C20H41ClO/c21-19-17-15-13-11-9-7-5-3-1-2-4-6-8-10-12-14-16-18-20-22/h22H,1-20H2. The molecular weight excluding hydrogens is 292 g/mol. The Kier molecular flexibility index (Phi) is 21.5. The molecule has 0 spiro atoms. The summed E-state index contributed by atoms with van der Waals surface area (Å²) in [4.78, 5) is 0. The monoisotopic (exact) mass is 332 g/mol. The highest BCUT2D eigenvalue weighted by Crippen LogP contribution is 2.14. The maximum atomic E-state index is 8.70. The molecule has 0 aliphatic rings. The average Bonchev–Trinajstić information content (AvgIpc) is 2.54. The Morgan fingerprint density at radius 2 is 0.591 bits per heavy atom. The first kappa shape index (κ1) is 22.2. The molecule has 0 aliphatic carbocycles. The Morgan fingerprint density at radius 1 is 0.364 bits per heavy atom. The Labute approximate surface area is 145 Å². The zero-order chi connectivity index (χ0) is 16.1. The lowest BCUT2D eigenvalue weighted by Gasteiger charge is -2.03. The molecule has 1 N–H and O–H groups in total. The van der Waals surface area contributed by atoms with Gasteiger partial charge in [0.25, 0.3) is 0 Å². The number of hydrogen-bond donors (Lipinski definition) is 1. The van der Waals surface area contributed by atoms with Gasteiger partial charge in [-0.2, -0.15) is 0 Å². The first-order valence-electron chi connectivity index (χ1n) is 10.1. The highest BCUT2D eigenvalue weighted by atomic mass is 35.5. The third-order valence-electron chi connectivity index (χ3n) is 4.54. The van der Waals surface area contributed by atoms with E-state index in [0.717, 1.165) is 12.3 Å². The molecule has 1 nitrogen and oxygen atoms in total. The molecule has 0 unspecified atom stereocenters. The van der Waals surface area contributed by atoms with E-state index in [1.807, 2.05) is 0 Å². The van der Waals surface area contributed by atoms with Crippen molar-refractivity contribution in [2.75, 3.05) is 12.5 Å². The van der Waals surface area contributed by atoms with E-state index in [4.69, 9.17) is 16.7 Å². The van der Waals surface area contributed by atoms with Crippen LogP contribution in [0.1, 0.15) is 116 Å². The van der Waals surface area contributed by atoms with E-state index in [1.54, 1.807) is 0 Å². The molecule has 0 bridgehead atoms. The quantitative estimate of drug-likeness (QED) is 0.195. The van der Waals surface area contributed by atoms with Crippen LogP contribution in [0, 0.1) is 0 Å². The zero-order valence-electron chi connectivity index (χ0n) is 15.0. The number of hydrogen-bond acceptors (Lipinski definition) is 1. The molecule has 0 aromatic carbocycles. The number of aliphatic hydroxyl groups is 1. The lowest BCUT2D eigenvalue weighted by molar-refractivity contribution is 0.282. The van der Waals surface area contributed by atoms with Crippen LogP contribution in [0.3, 0.4) is 0 Å². The summed E-state index contributed by atoms with van der Waals surface area (Å²) < 4.78 is 0. The van der Waals surface area contributed by atoms with Gasteiger partial charge < -0.3 is 5.11 Å². The molecule has 0 rings (SSSR count). The lowest BCUT2D eigenvalue weighted by Crippen LogP contribution is -1.85. The first-order chi connectivity index (χ1) is 10.9. The summed E-state index contributed by atoms with van der Waals surface area (Å²) in [7, 11) is 0. The first-order valence-corrected chi connectivity index (χ1v) is 10.6. The summed E-state index contributed by atoms with van der Waals surface area (Å²) in [6.07, 6.45) is 24.5. The molecular formula is C20H41ClO. The fourth-order valence-electron chi connectivity index (χ4n) is 3.03. The van der Waals surface area contributed by atoms with Gasteiger partial charge in [-0.1, -0.05) is 103 Å². The van der Waals surface area contributed by atoms with E-state index in [2.05, 4.69) is 0 Å². The zero-order valence-corrected chi connectivity index (χ0v) is 15.7. The molecule has 0 fully saturated rings. The highest BCUT2D eigenvalue weighted by Gasteiger charge is 1.95. The van der Waals surface area contributed by atoms with Crippen molar-refractivity contribution >= 4 is 11.6 Å². The van der Waals surface area contributed by atoms with E-state index in [0.29, 0.717) is 6.61 Å². The molecule has 0 saturated carbocycles. The fraction of sp³-hybridized carbons (Fsp3) is 1.00. The minimum atomic E-state index is 0.369. The van der Waals surface area contributed by atoms with Crippen LogP contribution in [-0.2, 0) is 0 Å². The van der Waals surface area contributed by atoms with Crippen LogP contribution in [0.4, 0.5) is 0 Å². The molecule has 0 atom stereocenters. The SMILES string of the molecule is OCCCCCCCCCCCCCCCCCCCCCl. The molecule has 0 heterocycles. The number of halogens is 1. The van der Waals surface area contributed by atoms with Crippen molar-refractivity contribution in [2.45, 2.75) is 116 Å². The van der Waals surface area contributed by atoms with E-state index >= 15 is 0 Å². The number of alkyl halides is 1. The van der Waals surface area contributed by atoms with Crippen LogP contribution < -0.4 is 0 Å². The number of unbranched alkanes of at least 4 members (excludes halogenated alkanes) is 17. The summed E-state index contributed by atoms with van der Waals surface area (Å²) in [5.41, 5.74) is 0. The molecule has 2 heteroatoms. The second kappa shape index (κ2) is 21.2. The molecule has 134 valence electrons. The van der Waals surface area contributed by atoms with Crippen molar-refractivity contribution in [3.63, 3.8) is 0 Å². The van der Waals surface area contributed by atoms with Gasteiger partial charge >= 0.3 is 0 Å². The van der Waals surface area contributed by atoms with Crippen LogP contribution in [0.15, 0.2) is 0 Å². The Hall–Kier alpha value is 0.250. The second-order valence-electron chi connectivity index (χ2n) is 6.78. The van der Waals surface area contributed by atoms with Gasteiger partial charge in [0.1, 0.15) is 0 Å². The number of rotatable bonds is 19. The smallest absolute Gasteiger partial charge is 0.0431 e. The van der Waals surface area contributed by atoms with Crippen molar-refractivity contribution in [1.82, 2.24) is 0 Å². The van der Waals surface area contributed by atoms with Crippen LogP contribution in [0.5, 0.6) is 0 Å². The second-order valence-corrected chi connectivity index (χ2v) is 7.15. The lowest BCUT2D eigenvalue weighted by atomic mass is 10.0. The average molecular weight is 333 g/mol. The van der Waals surface area contributed by atoms with Gasteiger partial charge in [0.05, 0.1) is 0 Å². The van der Waals surface area contributed by atoms with Crippen molar-refractivity contribution in [2.24, 2.45) is 0 Å².